The Hall–Kier alpha value is -2.45. The van der Waals surface area contributed by atoms with Gasteiger partial charge in [-0.3, -0.25) is 10.1 Å². The van der Waals surface area contributed by atoms with Crippen molar-refractivity contribution in [3.8, 4) is 17.2 Å². The first-order valence-electron chi connectivity index (χ1n) is 7.85. The maximum absolute atomic E-state index is 11.8. The first kappa shape index (κ1) is 17.9. The summed E-state index contributed by atoms with van der Waals surface area (Å²) in [6, 6.07) is 6.55. The number of rotatable bonds is 9. The topological polar surface area (TPSA) is 101 Å². The highest BCUT2D eigenvalue weighted by molar-refractivity contribution is 5.89. The number of aromatic hydroxyl groups is 1. The van der Waals surface area contributed by atoms with E-state index < -0.39 is 0 Å². The van der Waals surface area contributed by atoms with Gasteiger partial charge in [0.25, 0.3) is 11.8 Å². The smallest absolute Gasteiger partial charge is 0.322 e. The third-order valence-electron chi connectivity index (χ3n) is 3.49. The molecule has 0 atom stereocenters. The molecule has 0 spiro atoms. The van der Waals surface area contributed by atoms with Gasteiger partial charge in [0.05, 0.1) is 12.2 Å². The van der Waals surface area contributed by atoms with Gasteiger partial charge >= 0.3 is 6.01 Å². The summed E-state index contributed by atoms with van der Waals surface area (Å²) in [4.78, 5) is 14.0. The van der Waals surface area contributed by atoms with E-state index in [0.717, 1.165) is 19.6 Å². The van der Waals surface area contributed by atoms with Crippen LogP contribution in [-0.2, 0) is 9.53 Å². The molecule has 1 amide bonds. The third kappa shape index (κ3) is 5.04. The summed E-state index contributed by atoms with van der Waals surface area (Å²) in [6.45, 7) is 7.21. The Morgan fingerprint density at radius 3 is 2.75 bits per heavy atom. The van der Waals surface area contributed by atoms with Crippen molar-refractivity contribution in [1.82, 2.24) is 15.1 Å². The standard InChI is InChI=1S/C16H22N4O4/c1-3-20(4-2)9-10-23-11-14(22)17-16-19-18-15(24-16)12-7-5-6-8-13(12)21/h5-8,21H,3-4,9-11H2,1-2H3,(H,17,19,22). The van der Waals surface area contributed by atoms with Crippen molar-refractivity contribution in [2.75, 3.05) is 38.2 Å². The van der Waals surface area contributed by atoms with Gasteiger partial charge in [-0.25, -0.2) is 0 Å². The zero-order chi connectivity index (χ0) is 17.4. The predicted molar refractivity (Wildman–Crippen MR) is 88.6 cm³/mol. The van der Waals surface area contributed by atoms with Crippen LogP contribution in [0, 0.1) is 0 Å². The van der Waals surface area contributed by atoms with E-state index in [1.807, 2.05) is 0 Å². The molecule has 0 saturated heterocycles. The quantitative estimate of drug-likeness (QED) is 0.674. The van der Waals surface area contributed by atoms with Crippen LogP contribution in [-0.4, -0.2) is 59.0 Å². The Labute approximate surface area is 140 Å². The molecular weight excluding hydrogens is 312 g/mol. The van der Waals surface area contributed by atoms with Gasteiger partial charge in [0.2, 0.25) is 0 Å². The molecule has 8 nitrogen and oxygen atoms in total. The number of amides is 1. The summed E-state index contributed by atoms with van der Waals surface area (Å²) in [5.74, 6) is -0.216. The van der Waals surface area contributed by atoms with Crippen LogP contribution in [0.3, 0.4) is 0 Å². The molecule has 130 valence electrons. The molecule has 0 unspecified atom stereocenters. The van der Waals surface area contributed by atoms with Gasteiger partial charge in [0.15, 0.2) is 0 Å². The number of phenols is 1. The number of ether oxygens (including phenoxy) is 1. The zero-order valence-electron chi connectivity index (χ0n) is 13.9. The van der Waals surface area contributed by atoms with Crippen LogP contribution in [0.1, 0.15) is 13.8 Å². The molecule has 0 radical (unpaired) electrons. The van der Waals surface area contributed by atoms with Gasteiger partial charge in [-0.1, -0.05) is 31.1 Å². The summed E-state index contributed by atoms with van der Waals surface area (Å²) in [5, 5.41) is 19.7. The molecule has 2 rings (SSSR count). The normalized spacial score (nSPS) is 11.0. The number of carbonyl (C=O) groups is 1. The number of hydrogen-bond acceptors (Lipinski definition) is 7. The van der Waals surface area contributed by atoms with Crippen molar-refractivity contribution in [2.45, 2.75) is 13.8 Å². The number of likely N-dealkylation sites (N-methyl/N-ethyl adjacent to an activating group) is 1. The lowest BCUT2D eigenvalue weighted by molar-refractivity contribution is -0.120. The molecule has 0 aliphatic heterocycles. The van der Waals surface area contributed by atoms with Crippen LogP contribution in [0.4, 0.5) is 6.01 Å². The van der Waals surface area contributed by atoms with Crippen molar-refractivity contribution in [3.63, 3.8) is 0 Å². The average molecular weight is 334 g/mol. The van der Waals surface area contributed by atoms with Crippen LogP contribution < -0.4 is 5.32 Å². The van der Waals surface area contributed by atoms with Gasteiger partial charge in [0, 0.05) is 6.54 Å². The number of phenolic OH excluding ortho intramolecular Hbond substituents is 1. The highest BCUT2D eigenvalue weighted by Gasteiger charge is 2.13. The fourth-order valence-electron chi connectivity index (χ4n) is 2.09. The van der Waals surface area contributed by atoms with Gasteiger partial charge in [0.1, 0.15) is 12.4 Å². The van der Waals surface area contributed by atoms with E-state index in [-0.39, 0.29) is 30.2 Å². The minimum absolute atomic E-state index is 0.0266. The molecule has 1 aromatic heterocycles. The molecule has 0 aliphatic rings. The summed E-state index contributed by atoms with van der Waals surface area (Å²) < 4.78 is 10.7. The summed E-state index contributed by atoms with van der Waals surface area (Å²) in [7, 11) is 0. The SMILES string of the molecule is CCN(CC)CCOCC(=O)Nc1nnc(-c2ccccc2O)o1. The maximum Gasteiger partial charge on any atom is 0.322 e. The molecule has 8 heteroatoms. The first-order chi connectivity index (χ1) is 11.6. The van der Waals surface area contributed by atoms with Crippen molar-refractivity contribution in [2.24, 2.45) is 0 Å². The summed E-state index contributed by atoms with van der Waals surface area (Å²) >= 11 is 0. The van der Waals surface area contributed by atoms with Crippen LogP contribution in [0.2, 0.25) is 0 Å². The van der Waals surface area contributed by atoms with E-state index in [4.69, 9.17) is 9.15 Å². The number of nitrogens with one attached hydrogen (secondary N) is 1. The van der Waals surface area contributed by atoms with E-state index in [1.54, 1.807) is 18.2 Å². The van der Waals surface area contributed by atoms with E-state index in [0.29, 0.717) is 12.2 Å². The largest absolute Gasteiger partial charge is 0.507 e. The molecule has 0 fully saturated rings. The molecule has 1 aromatic carbocycles. The number of carbonyl (C=O) groups excluding carboxylic acids is 1. The lowest BCUT2D eigenvalue weighted by Gasteiger charge is -2.17. The second kappa shape index (κ2) is 8.99. The van der Waals surface area contributed by atoms with Gasteiger partial charge in [-0.05, 0) is 25.2 Å². The Morgan fingerprint density at radius 1 is 1.29 bits per heavy atom. The van der Waals surface area contributed by atoms with Gasteiger partial charge in [-0.2, -0.15) is 0 Å². The first-order valence-corrected chi connectivity index (χ1v) is 7.85. The van der Waals surface area contributed by atoms with Gasteiger partial charge < -0.3 is 19.2 Å². The van der Waals surface area contributed by atoms with Gasteiger partial charge in [-0.15, -0.1) is 5.10 Å². The molecule has 24 heavy (non-hydrogen) atoms. The molecular formula is C16H22N4O4. The summed E-state index contributed by atoms with van der Waals surface area (Å²) in [6.07, 6.45) is 0. The Morgan fingerprint density at radius 2 is 2.04 bits per heavy atom. The van der Waals surface area contributed by atoms with Crippen LogP contribution >= 0.6 is 0 Å². The maximum atomic E-state index is 11.8. The molecule has 2 aromatic rings. The molecule has 0 bridgehead atoms. The van der Waals surface area contributed by atoms with Crippen LogP contribution in [0.15, 0.2) is 28.7 Å². The van der Waals surface area contributed by atoms with Crippen LogP contribution in [0.25, 0.3) is 11.5 Å². The minimum Gasteiger partial charge on any atom is -0.507 e. The average Bonchev–Trinajstić information content (AvgIpc) is 3.03. The molecule has 2 N–H and O–H groups in total. The van der Waals surface area contributed by atoms with Crippen molar-refractivity contribution < 1.29 is 19.1 Å². The lowest BCUT2D eigenvalue weighted by atomic mass is 10.2. The highest BCUT2D eigenvalue weighted by Crippen LogP contribution is 2.28. The van der Waals surface area contributed by atoms with E-state index in [1.165, 1.54) is 6.07 Å². The van der Waals surface area contributed by atoms with E-state index in [2.05, 4.69) is 34.3 Å². The van der Waals surface area contributed by atoms with Crippen molar-refractivity contribution in [3.05, 3.63) is 24.3 Å². The number of anilines is 1. The minimum atomic E-state index is -0.373. The third-order valence-corrected chi connectivity index (χ3v) is 3.49. The monoisotopic (exact) mass is 334 g/mol. The molecule has 1 heterocycles. The Kier molecular flexibility index (Phi) is 6.71. The number of benzene rings is 1. The van der Waals surface area contributed by atoms with E-state index >= 15 is 0 Å². The molecule has 0 aliphatic carbocycles. The zero-order valence-corrected chi connectivity index (χ0v) is 13.9. The highest BCUT2D eigenvalue weighted by atomic mass is 16.5. The number of para-hydroxylation sites is 1. The molecule has 0 saturated carbocycles. The predicted octanol–water partition coefficient (Wildman–Crippen LogP) is 1.74. The fraction of sp³-hybridized carbons (Fsp3) is 0.438. The van der Waals surface area contributed by atoms with Crippen molar-refractivity contribution in [1.29, 1.82) is 0 Å². The van der Waals surface area contributed by atoms with Crippen LogP contribution in [0.5, 0.6) is 5.75 Å². The fourth-order valence-corrected chi connectivity index (χ4v) is 2.09. The number of aromatic nitrogens is 2. The number of hydrogen-bond donors (Lipinski definition) is 2. The Bertz CT molecular complexity index is 655. The summed E-state index contributed by atoms with van der Waals surface area (Å²) in [5.41, 5.74) is 0.404. The lowest BCUT2D eigenvalue weighted by Crippen LogP contribution is -2.28. The van der Waals surface area contributed by atoms with E-state index in [9.17, 15) is 9.90 Å². The second-order valence-corrected chi connectivity index (χ2v) is 5.06. The Balaban J connectivity index is 1.80. The van der Waals surface area contributed by atoms with Crippen molar-refractivity contribution >= 4 is 11.9 Å². The number of nitrogens with zero attached hydrogens (tertiary/aromatic N) is 3. The second-order valence-electron chi connectivity index (χ2n) is 5.06.